The van der Waals surface area contributed by atoms with Gasteiger partial charge in [-0.05, 0) is 51.3 Å². The molecule has 2 aromatic heterocycles. The van der Waals surface area contributed by atoms with E-state index in [0.717, 1.165) is 30.9 Å². The number of nitrogens with zero attached hydrogens (tertiary/aromatic N) is 3. The number of pyridine rings is 2. The van der Waals surface area contributed by atoms with Crippen molar-refractivity contribution in [2.45, 2.75) is 13.0 Å². The summed E-state index contributed by atoms with van der Waals surface area (Å²) >= 11 is 0. The third-order valence-corrected chi connectivity index (χ3v) is 3.26. The van der Waals surface area contributed by atoms with Gasteiger partial charge >= 0.3 is 0 Å². The first kappa shape index (κ1) is 16.9. The summed E-state index contributed by atoms with van der Waals surface area (Å²) in [5.41, 5.74) is 2.12. The highest BCUT2D eigenvalue weighted by molar-refractivity contribution is 5.93. The highest BCUT2D eigenvalue weighted by Crippen LogP contribution is 2.08. The minimum atomic E-state index is -0.201. The standard InChI is InChI=1S/C17H23N5O/c1-22(2)11-5-9-18-14-7-10-20-16(12-14)17(23)21-13-15-6-3-4-8-19-15/h3-4,6-8,10,12H,5,9,11,13H2,1-2H3,(H,18,20)(H,21,23). The number of amides is 1. The third-order valence-electron chi connectivity index (χ3n) is 3.26. The van der Waals surface area contributed by atoms with Crippen molar-refractivity contribution in [1.82, 2.24) is 20.2 Å². The maximum absolute atomic E-state index is 12.2. The van der Waals surface area contributed by atoms with E-state index in [1.54, 1.807) is 18.5 Å². The highest BCUT2D eigenvalue weighted by Gasteiger charge is 2.08. The minimum absolute atomic E-state index is 0.201. The van der Waals surface area contributed by atoms with Crippen LogP contribution in [-0.2, 0) is 6.54 Å². The van der Waals surface area contributed by atoms with Gasteiger partial charge < -0.3 is 15.5 Å². The Hall–Kier alpha value is -2.47. The van der Waals surface area contributed by atoms with Crippen molar-refractivity contribution in [3.05, 3.63) is 54.1 Å². The van der Waals surface area contributed by atoms with Gasteiger partial charge in [0.1, 0.15) is 5.69 Å². The van der Waals surface area contributed by atoms with E-state index in [4.69, 9.17) is 0 Å². The Kier molecular flexibility index (Phi) is 6.50. The number of carbonyl (C=O) groups excluding carboxylic acids is 1. The van der Waals surface area contributed by atoms with Gasteiger partial charge in [0.15, 0.2) is 0 Å². The average Bonchev–Trinajstić information content (AvgIpc) is 2.57. The lowest BCUT2D eigenvalue weighted by Crippen LogP contribution is -2.24. The van der Waals surface area contributed by atoms with E-state index in [0.29, 0.717) is 12.2 Å². The number of rotatable bonds is 8. The molecule has 6 heteroatoms. The number of hydrogen-bond donors (Lipinski definition) is 2. The van der Waals surface area contributed by atoms with Crippen molar-refractivity contribution in [3.8, 4) is 0 Å². The number of carbonyl (C=O) groups is 1. The van der Waals surface area contributed by atoms with E-state index < -0.39 is 0 Å². The quantitative estimate of drug-likeness (QED) is 0.727. The molecule has 0 bridgehead atoms. The zero-order chi connectivity index (χ0) is 16.5. The molecule has 2 N–H and O–H groups in total. The molecule has 2 aromatic rings. The first-order valence-corrected chi connectivity index (χ1v) is 7.68. The van der Waals surface area contributed by atoms with Crippen LogP contribution in [0.15, 0.2) is 42.7 Å². The Morgan fingerprint density at radius 2 is 2.04 bits per heavy atom. The third kappa shape index (κ3) is 6.04. The molecule has 0 aliphatic rings. The normalized spacial score (nSPS) is 10.6. The number of hydrogen-bond acceptors (Lipinski definition) is 5. The van der Waals surface area contributed by atoms with Crippen molar-refractivity contribution >= 4 is 11.6 Å². The van der Waals surface area contributed by atoms with Crippen LogP contribution < -0.4 is 10.6 Å². The van der Waals surface area contributed by atoms with Crippen LogP contribution in [0.3, 0.4) is 0 Å². The second-order valence-corrected chi connectivity index (χ2v) is 5.52. The maximum Gasteiger partial charge on any atom is 0.270 e. The molecule has 2 rings (SSSR count). The van der Waals surface area contributed by atoms with Gasteiger partial charge in [-0.2, -0.15) is 0 Å². The number of aromatic nitrogens is 2. The predicted molar refractivity (Wildman–Crippen MR) is 91.3 cm³/mol. The summed E-state index contributed by atoms with van der Waals surface area (Å²) in [5, 5.41) is 6.14. The maximum atomic E-state index is 12.2. The van der Waals surface area contributed by atoms with Gasteiger partial charge in [0.2, 0.25) is 0 Å². The van der Waals surface area contributed by atoms with E-state index in [1.165, 1.54) is 0 Å². The molecular weight excluding hydrogens is 290 g/mol. The summed E-state index contributed by atoms with van der Waals surface area (Å²) in [6.07, 6.45) is 4.39. The number of anilines is 1. The molecule has 0 unspecified atom stereocenters. The zero-order valence-electron chi connectivity index (χ0n) is 13.6. The molecule has 0 spiro atoms. The van der Waals surface area contributed by atoms with E-state index in [1.807, 2.05) is 24.3 Å². The van der Waals surface area contributed by atoms with Crippen molar-refractivity contribution in [1.29, 1.82) is 0 Å². The van der Waals surface area contributed by atoms with Crippen LogP contribution in [0.5, 0.6) is 0 Å². The van der Waals surface area contributed by atoms with Crippen LogP contribution in [0, 0.1) is 0 Å². The smallest absolute Gasteiger partial charge is 0.270 e. The largest absolute Gasteiger partial charge is 0.385 e. The molecule has 6 nitrogen and oxygen atoms in total. The highest BCUT2D eigenvalue weighted by atomic mass is 16.1. The molecule has 0 aromatic carbocycles. The predicted octanol–water partition coefficient (Wildman–Crippen LogP) is 1.77. The van der Waals surface area contributed by atoms with Gasteiger partial charge in [0, 0.05) is 24.6 Å². The first-order valence-electron chi connectivity index (χ1n) is 7.68. The summed E-state index contributed by atoms with van der Waals surface area (Å²) in [6.45, 7) is 2.27. The van der Waals surface area contributed by atoms with Crippen LogP contribution >= 0.6 is 0 Å². The molecule has 0 aliphatic heterocycles. The lowest BCUT2D eigenvalue weighted by Gasteiger charge is -2.11. The molecule has 0 aliphatic carbocycles. The fourth-order valence-corrected chi connectivity index (χ4v) is 2.06. The lowest BCUT2D eigenvalue weighted by atomic mass is 10.2. The molecule has 2 heterocycles. The summed E-state index contributed by atoms with van der Waals surface area (Å²) in [5.74, 6) is -0.201. The van der Waals surface area contributed by atoms with Gasteiger partial charge in [-0.25, -0.2) is 0 Å². The van der Waals surface area contributed by atoms with Gasteiger partial charge in [-0.1, -0.05) is 6.07 Å². The summed E-state index contributed by atoms with van der Waals surface area (Å²) in [7, 11) is 4.10. The monoisotopic (exact) mass is 313 g/mol. The van der Waals surface area contributed by atoms with Crippen molar-refractivity contribution in [2.75, 3.05) is 32.5 Å². The Bertz CT molecular complexity index is 615. The molecule has 1 amide bonds. The Balaban J connectivity index is 1.84. The van der Waals surface area contributed by atoms with Crippen molar-refractivity contribution < 1.29 is 4.79 Å². The van der Waals surface area contributed by atoms with Crippen molar-refractivity contribution in [3.63, 3.8) is 0 Å². The van der Waals surface area contributed by atoms with Gasteiger partial charge in [0.25, 0.3) is 5.91 Å². The minimum Gasteiger partial charge on any atom is -0.385 e. The summed E-state index contributed by atoms with van der Waals surface area (Å²) in [4.78, 5) is 22.6. The second-order valence-electron chi connectivity index (χ2n) is 5.52. The molecule has 0 radical (unpaired) electrons. The van der Waals surface area contributed by atoms with Gasteiger partial charge in [0.05, 0.1) is 12.2 Å². The SMILES string of the molecule is CN(C)CCCNc1ccnc(C(=O)NCc2ccccn2)c1. The molecule has 0 saturated carbocycles. The Labute approximate surface area is 137 Å². The average molecular weight is 313 g/mol. The summed E-state index contributed by atoms with van der Waals surface area (Å²) < 4.78 is 0. The Morgan fingerprint density at radius 1 is 1.17 bits per heavy atom. The van der Waals surface area contributed by atoms with E-state index in [9.17, 15) is 4.79 Å². The van der Waals surface area contributed by atoms with Crippen LogP contribution in [-0.4, -0.2) is 48.0 Å². The second kappa shape index (κ2) is 8.85. The van der Waals surface area contributed by atoms with Gasteiger partial charge in [-0.15, -0.1) is 0 Å². The van der Waals surface area contributed by atoms with Crippen LogP contribution in [0.4, 0.5) is 5.69 Å². The molecule has 23 heavy (non-hydrogen) atoms. The fourth-order valence-electron chi connectivity index (χ4n) is 2.06. The van der Waals surface area contributed by atoms with Crippen LogP contribution in [0.2, 0.25) is 0 Å². The Morgan fingerprint density at radius 3 is 2.78 bits per heavy atom. The lowest BCUT2D eigenvalue weighted by molar-refractivity contribution is 0.0945. The molecule has 122 valence electrons. The molecule has 0 saturated heterocycles. The first-order chi connectivity index (χ1) is 11.1. The van der Waals surface area contributed by atoms with E-state index in [-0.39, 0.29) is 5.91 Å². The molecule has 0 fully saturated rings. The fraction of sp³-hybridized carbons (Fsp3) is 0.353. The van der Waals surface area contributed by atoms with Crippen LogP contribution in [0.25, 0.3) is 0 Å². The van der Waals surface area contributed by atoms with E-state index >= 15 is 0 Å². The topological polar surface area (TPSA) is 70.2 Å². The summed E-state index contributed by atoms with van der Waals surface area (Å²) in [6, 6.07) is 9.24. The zero-order valence-corrected chi connectivity index (χ0v) is 13.6. The molecular formula is C17H23N5O. The number of nitrogens with one attached hydrogen (secondary N) is 2. The molecule has 0 atom stereocenters. The van der Waals surface area contributed by atoms with Crippen molar-refractivity contribution in [2.24, 2.45) is 0 Å². The van der Waals surface area contributed by atoms with Crippen LogP contribution in [0.1, 0.15) is 22.6 Å². The van der Waals surface area contributed by atoms with Gasteiger partial charge in [-0.3, -0.25) is 14.8 Å². The van der Waals surface area contributed by atoms with E-state index in [2.05, 4.69) is 39.6 Å².